The lowest BCUT2D eigenvalue weighted by Crippen LogP contribution is -2.28. The van der Waals surface area contributed by atoms with E-state index in [1.165, 1.54) is 17.4 Å². The topological polar surface area (TPSA) is 72.5 Å². The highest BCUT2D eigenvalue weighted by Gasteiger charge is 2.20. The number of amides is 1. The number of halogens is 1. The van der Waals surface area contributed by atoms with E-state index in [4.69, 9.17) is 16.3 Å². The Morgan fingerprint density at radius 3 is 2.46 bits per heavy atom. The third kappa shape index (κ3) is 5.06. The number of rotatable bonds is 7. The third-order valence-corrected chi connectivity index (χ3v) is 4.95. The Hall–Kier alpha value is -2.96. The van der Waals surface area contributed by atoms with Gasteiger partial charge in [0.2, 0.25) is 5.78 Å². The van der Waals surface area contributed by atoms with E-state index in [9.17, 15) is 14.4 Å². The summed E-state index contributed by atoms with van der Waals surface area (Å²) < 4.78 is 5.08. The van der Waals surface area contributed by atoms with Crippen LogP contribution in [0.1, 0.15) is 31.2 Å². The van der Waals surface area contributed by atoms with E-state index < -0.39 is 18.5 Å². The van der Waals surface area contributed by atoms with Crippen molar-refractivity contribution in [2.75, 3.05) is 6.61 Å². The maximum absolute atomic E-state index is 12.6. The van der Waals surface area contributed by atoms with Gasteiger partial charge >= 0.3 is 5.97 Å². The molecule has 0 radical (unpaired) electrons. The highest BCUT2D eigenvalue weighted by molar-refractivity contribution is 7.12. The van der Waals surface area contributed by atoms with Crippen molar-refractivity contribution in [2.24, 2.45) is 0 Å². The molecule has 7 heteroatoms. The first kappa shape index (κ1) is 19.8. The molecular weight excluding hydrogens is 398 g/mol. The lowest BCUT2D eigenvalue weighted by atomic mass is 10.0. The van der Waals surface area contributed by atoms with Crippen molar-refractivity contribution in [1.82, 2.24) is 5.32 Å². The molecule has 0 bridgehead atoms. The Labute approximate surface area is 170 Å². The Morgan fingerprint density at radius 1 is 0.964 bits per heavy atom. The van der Waals surface area contributed by atoms with Crippen molar-refractivity contribution in [3.05, 3.63) is 92.6 Å². The number of hydrogen-bond acceptors (Lipinski definition) is 5. The zero-order valence-corrected chi connectivity index (χ0v) is 16.3. The van der Waals surface area contributed by atoms with Crippen LogP contribution in [0, 0.1) is 0 Å². The molecule has 2 aromatic carbocycles. The molecule has 0 aliphatic rings. The molecule has 1 N–H and O–H groups in total. The van der Waals surface area contributed by atoms with E-state index in [0.29, 0.717) is 9.90 Å². The van der Waals surface area contributed by atoms with Crippen LogP contribution in [0.4, 0.5) is 0 Å². The first-order valence-corrected chi connectivity index (χ1v) is 9.66. The molecule has 0 spiro atoms. The summed E-state index contributed by atoms with van der Waals surface area (Å²) >= 11 is 7.19. The molecule has 1 amide bonds. The minimum Gasteiger partial charge on any atom is -0.452 e. The lowest BCUT2D eigenvalue weighted by Gasteiger charge is -2.09. The SMILES string of the molecule is O=C(COC(=O)c1ccccc1C(=O)c1cccs1)NCc1cccc(Cl)c1. The van der Waals surface area contributed by atoms with Gasteiger partial charge in [0.05, 0.1) is 10.4 Å². The summed E-state index contributed by atoms with van der Waals surface area (Å²) in [6.07, 6.45) is 0. The molecule has 28 heavy (non-hydrogen) atoms. The number of benzene rings is 2. The van der Waals surface area contributed by atoms with Crippen LogP contribution in [0.25, 0.3) is 0 Å². The van der Waals surface area contributed by atoms with Crippen LogP contribution in [0.2, 0.25) is 5.02 Å². The molecule has 0 aliphatic carbocycles. The predicted octanol–water partition coefficient (Wildman–Crippen LogP) is 4.11. The number of esters is 1. The van der Waals surface area contributed by atoms with Crippen LogP contribution >= 0.6 is 22.9 Å². The second kappa shape index (κ2) is 9.30. The van der Waals surface area contributed by atoms with Crippen molar-refractivity contribution < 1.29 is 19.1 Å². The minimum atomic E-state index is -0.724. The highest BCUT2D eigenvalue weighted by Crippen LogP contribution is 2.19. The largest absolute Gasteiger partial charge is 0.452 e. The summed E-state index contributed by atoms with van der Waals surface area (Å²) in [7, 11) is 0. The van der Waals surface area contributed by atoms with E-state index in [-0.39, 0.29) is 23.5 Å². The number of ketones is 1. The number of carbonyl (C=O) groups excluding carboxylic acids is 3. The molecule has 1 aromatic heterocycles. The van der Waals surface area contributed by atoms with Crippen LogP contribution < -0.4 is 5.32 Å². The molecule has 0 unspecified atom stereocenters. The molecule has 0 fully saturated rings. The van der Waals surface area contributed by atoms with E-state index in [0.717, 1.165) is 5.56 Å². The van der Waals surface area contributed by atoms with Crippen LogP contribution in [-0.2, 0) is 16.1 Å². The summed E-state index contributed by atoms with van der Waals surface area (Å²) in [5.41, 5.74) is 1.21. The number of ether oxygens (including phenoxy) is 1. The van der Waals surface area contributed by atoms with Gasteiger partial charge in [0, 0.05) is 17.1 Å². The average molecular weight is 414 g/mol. The van der Waals surface area contributed by atoms with E-state index in [2.05, 4.69) is 5.32 Å². The molecule has 1 heterocycles. The standard InChI is InChI=1S/C21H16ClNO4S/c22-15-6-3-5-14(11-15)12-23-19(24)13-27-21(26)17-8-2-1-7-16(17)20(25)18-9-4-10-28-18/h1-11H,12-13H2,(H,23,24). The van der Waals surface area contributed by atoms with Crippen molar-refractivity contribution >= 4 is 40.6 Å². The van der Waals surface area contributed by atoms with Gasteiger partial charge in [-0.1, -0.05) is 48.0 Å². The quantitative estimate of drug-likeness (QED) is 0.467. The van der Waals surface area contributed by atoms with Gasteiger partial charge in [0.25, 0.3) is 5.91 Å². The van der Waals surface area contributed by atoms with E-state index in [1.807, 2.05) is 6.07 Å². The Kier molecular flexibility index (Phi) is 6.57. The molecule has 0 saturated carbocycles. The monoisotopic (exact) mass is 413 g/mol. The lowest BCUT2D eigenvalue weighted by molar-refractivity contribution is -0.124. The van der Waals surface area contributed by atoms with Gasteiger partial charge in [-0.15, -0.1) is 11.3 Å². The molecule has 0 atom stereocenters. The molecule has 3 rings (SSSR count). The number of nitrogens with one attached hydrogen (secondary N) is 1. The Bertz CT molecular complexity index is 1000. The summed E-state index contributed by atoms with van der Waals surface area (Å²) in [6.45, 7) is -0.175. The second-order valence-corrected chi connectivity index (χ2v) is 7.22. The molecule has 0 saturated heterocycles. The van der Waals surface area contributed by atoms with Crippen molar-refractivity contribution in [2.45, 2.75) is 6.54 Å². The van der Waals surface area contributed by atoms with Crippen molar-refractivity contribution in [1.29, 1.82) is 0 Å². The molecule has 5 nitrogen and oxygen atoms in total. The normalized spacial score (nSPS) is 10.3. The van der Waals surface area contributed by atoms with Crippen LogP contribution in [-0.4, -0.2) is 24.3 Å². The maximum atomic E-state index is 12.6. The van der Waals surface area contributed by atoms with Gasteiger partial charge in [0.15, 0.2) is 6.61 Å². The third-order valence-electron chi connectivity index (χ3n) is 3.85. The van der Waals surface area contributed by atoms with E-state index >= 15 is 0 Å². The van der Waals surface area contributed by atoms with Gasteiger partial charge in [-0.2, -0.15) is 0 Å². The fraction of sp³-hybridized carbons (Fsp3) is 0.0952. The predicted molar refractivity (Wildman–Crippen MR) is 108 cm³/mol. The first-order chi connectivity index (χ1) is 13.5. The van der Waals surface area contributed by atoms with Crippen LogP contribution in [0.3, 0.4) is 0 Å². The Balaban J connectivity index is 1.59. The molecular formula is C21H16ClNO4S. The second-order valence-electron chi connectivity index (χ2n) is 5.83. The van der Waals surface area contributed by atoms with Crippen LogP contribution in [0.15, 0.2) is 66.0 Å². The summed E-state index contributed by atoms with van der Waals surface area (Å²) in [6, 6.07) is 16.9. The number of thiophene rings is 1. The summed E-state index contributed by atoms with van der Waals surface area (Å²) in [5.74, 6) is -1.43. The molecule has 142 valence electrons. The zero-order chi connectivity index (χ0) is 19.9. The van der Waals surface area contributed by atoms with Gasteiger partial charge in [-0.25, -0.2) is 4.79 Å². The average Bonchev–Trinajstić information content (AvgIpc) is 3.25. The van der Waals surface area contributed by atoms with Gasteiger partial charge in [0.1, 0.15) is 0 Å². The highest BCUT2D eigenvalue weighted by atomic mass is 35.5. The first-order valence-electron chi connectivity index (χ1n) is 8.40. The van der Waals surface area contributed by atoms with Crippen molar-refractivity contribution in [3.63, 3.8) is 0 Å². The summed E-state index contributed by atoms with van der Waals surface area (Å²) in [5, 5.41) is 5.02. The number of carbonyl (C=O) groups is 3. The van der Waals surface area contributed by atoms with Gasteiger partial charge in [-0.3, -0.25) is 9.59 Å². The van der Waals surface area contributed by atoms with Gasteiger partial charge in [-0.05, 0) is 35.2 Å². The molecule has 3 aromatic rings. The fourth-order valence-electron chi connectivity index (χ4n) is 2.51. The number of hydrogen-bond donors (Lipinski definition) is 1. The fourth-order valence-corrected chi connectivity index (χ4v) is 3.40. The van der Waals surface area contributed by atoms with Gasteiger partial charge < -0.3 is 10.1 Å². The summed E-state index contributed by atoms with van der Waals surface area (Å²) in [4.78, 5) is 37.4. The minimum absolute atomic E-state index is 0.128. The van der Waals surface area contributed by atoms with Crippen molar-refractivity contribution in [3.8, 4) is 0 Å². The van der Waals surface area contributed by atoms with E-state index in [1.54, 1.807) is 53.9 Å². The maximum Gasteiger partial charge on any atom is 0.339 e. The van der Waals surface area contributed by atoms with Crippen LogP contribution in [0.5, 0.6) is 0 Å². The zero-order valence-electron chi connectivity index (χ0n) is 14.7. The molecule has 0 aliphatic heterocycles. The smallest absolute Gasteiger partial charge is 0.339 e. The Morgan fingerprint density at radius 2 is 1.75 bits per heavy atom.